The van der Waals surface area contributed by atoms with E-state index in [1.54, 1.807) is 0 Å². The first kappa shape index (κ1) is 12.8. The van der Waals surface area contributed by atoms with Crippen molar-refractivity contribution in [3.8, 4) is 0 Å². The normalized spacial score (nSPS) is 26.9. The second-order valence-electron chi connectivity index (χ2n) is 5.86. The second-order valence-corrected chi connectivity index (χ2v) is 5.86. The number of hydrogen-bond donors (Lipinski definition) is 1. The van der Waals surface area contributed by atoms with Gasteiger partial charge in [-0.05, 0) is 50.7 Å². The van der Waals surface area contributed by atoms with Crippen LogP contribution in [0, 0.1) is 5.92 Å². The maximum Gasteiger partial charge on any atom is 0.131 e. The third-order valence-corrected chi connectivity index (χ3v) is 4.63. The highest BCUT2D eigenvalue weighted by Gasteiger charge is 2.33. The van der Waals surface area contributed by atoms with E-state index in [1.165, 1.54) is 50.9 Å². The molecule has 0 amide bonds. The van der Waals surface area contributed by atoms with Gasteiger partial charge in [0, 0.05) is 19.1 Å². The van der Waals surface area contributed by atoms with Crippen molar-refractivity contribution in [3.05, 3.63) is 18.2 Å². The fourth-order valence-electron chi connectivity index (χ4n) is 3.77. The Morgan fingerprint density at radius 1 is 1.21 bits per heavy atom. The van der Waals surface area contributed by atoms with Gasteiger partial charge in [0.2, 0.25) is 0 Å². The van der Waals surface area contributed by atoms with Crippen LogP contribution in [-0.4, -0.2) is 24.1 Å². The lowest BCUT2D eigenvalue weighted by atomic mass is 9.78. The zero-order valence-corrected chi connectivity index (χ0v) is 11.9. The van der Waals surface area contributed by atoms with E-state index in [2.05, 4.69) is 35.3 Å². The smallest absolute Gasteiger partial charge is 0.131 e. The van der Waals surface area contributed by atoms with E-state index in [9.17, 15) is 0 Å². The summed E-state index contributed by atoms with van der Waals surface area (Å²) in [5.41, 5.74) is 0. The molecule has 1 aliphatic heterocycles. The molecule has 0 aromatic carbocycles. The summed E-state index contributed by atoms with van der Waals surface area (Å²) in [6.07, 6.45) is 8.36. The quantitative estimate of drug-likeness (QED) is 0.897. The third-order valence-electron chi connectivity index (χ3n) is 4.63. The predicted octanol–water partition coefficient (Wildman–Crippen LogP) is 3.67. The molecule has 3 nitrogen and oxygen atoms in total. The van der Waals surface area contributed by atoms with Gasteiger partial charge in [-0.3, -0.25) is 0 Å². The van der Waals surface area contributed by atoms with E-state index in [0.717, 1.165) is 24.3 Å². The van der Waals surface area contributed by atoms with Crippen molar-refractivity contribution in [1.82, 2.24) is 4.98 Å². The highest BCUT2D eigenvalue weighted by molar-refractivity contribution is 5.48. The molecule has 1 saturated carbocycles. The van der Waals surface area contributed by atoms with Crippen molar-refractivity contribution in [2.75, 3.05) is 23.3 Å². The second kappa shape index (κ2) is 5.81. The molecule has 0 bridgehead atoms. The van der Waals surface area contributed by atoms with Crippen LogP contribution in [0.15, 0.2) is 18.2 Å². The van der Waals surface area contributed by atoms with Crippen molar-refractivity contribution in [3.63, 3.8) is 0 Å². The Labute approximate surface area is 116 Å². The molecule has 1 aromatic heterocycles. The zero-order chi connectivity index (χ0) is 13.1. The number of pyridine rings is 1. The van der Waals surface area contributed by atoms with Gasteiger partial charge in [0.25, 0.3) is 0 Å². The molecule has 0 radical (unpaired) electrons. The lowest BCUT2D eigenvalue weighted by Crippen LogP contribution is -2.47. The molecule has 0 spiro atoms. The van der Waals surface area contributed by atoms with Gasteiger partial charge >= 0.3 is 0 Å². The largest absolute Gasteiger partial charge is 0.370 e. The van der Waals surface area contributed by atoms with Gasteiger partial charge < -0.3 is 10.2 Å². The summed E-state index contributed by atoms with van der Waals surface area (Å²) in [6, 6.07) is 7.12. The van der Waals surface area contributed by atoms with E-state index in [0.29, 0.717) is 0 Å². The van der Waals surface area contributed by atoms with Crippen LogP contribution in [0.5, 0.6) is 0 Å². The molecular formula is C16H25N3. The number of aromatic nitrogens is 1. The molecule has 1 saturated heterocycles. The standard InChI is InChI=1S/C16H25N3/c1-2-17-15-10-5-11-16(18-15)19-12-6-8-13-7-3-4-9-14(13)19/h5,10-11,13-14H,2-4,6-9,12H2,1H3,(H,17,18). The molecule has 2 unspecified atom stereocenters. The van der Waals surface area contributed by atoms with E-state index in [4.69, 9.17) is 4.98 Å². The average molecular weight is 259 g/mol. The number of hydrogen-bond acceptors (Lipinski definition) is 3. The Balaban J connectivity index is 1.81. The Hall–Kier alpha value is -1.25. The fraction of sp³-hybridized carbons (Fsp3) is 0.688. The number of anilines is 2. The van der Waals surface area contributed by atoms with Crippen molar-refractivity contribution < 1.29 is 0 Å². The number of nitrogens with zero attached hydrogens (tertiary/aromatic N) is 2. The lowest BCUT2D eigenvalue weighted by molar-refractivity contribution is 0.243. The number of piperidine rings is 1. The van der Waals surface area contributed by atoms with Crippen molar-refractivity contribution in [2.45, 2.75) is 51.5 Å². The van der Waals surface area contributed by atoms with Gasteiger partial charge in [0.05, 0.1) is 0 Å². The summed E-state index contributed by atoms with van der Waals surface area (Å²) >= 11 is 0. The SMILES string of the molecule is CCNc1cccc(N2CCCC3CCCCC32)n1. The van der Waals surface area contributed by atoms with Crippen LogP contribution in [0.1, 0.15) is 45.4 Å². The monoisotopic (exact) mass is 259 g/mol. The van der Waals surface area contributed by atoms with Crippen LogP contribution in [-0.2, 0) is 0 Å². The molecular weight excluding hydrogens is 234 g/mol. The molecule has 1 N–H and O–H groups in total. The van der Waals surface area contributed by atoms with E-state index in [1.807, 2.05) is 0 Å². The minimum atomic E-state index is 0.742. The van der Waals surface area contributed by atoms with Gasteiger partial charge in [-0.1, -0.05) is 18.9 Å². The molecule has 2 aliphatic rings. The van der Waals surface area contributed by atoms with E-state index in [-0.39, 0.29) is 0 Å². The molecule has 19 heavy (non-hydrogen) atoms. The van der Waals surface area contributed by atoms with Crippen LogP contribution < -0.4 is 10.2 Å². The van der Waals surface area contributed by atoms with Crippen LogP contribution in [0.25, 0.3) is 0 Å². The van der Waals surface area contributed by atoms with Gasteiger partial charge in [-0.15, -0.1) is 0 Å². The maximum atomic E-state index is 4.79. The topological polar surface area (TPSA) is 28.2 Å². The molecule has 2 fully saturated rings. The molecule has 2 heterocycles. The summed E-state index contributed by atoms with van der Waals surface area (Å²) in [5.74, 6) is 3.10. The van der Waals surface area contributed by atoms with Gasteiger partial charge in [-0.2, -0.15) is 0 Å². The van der Waals surface area contributed by atoms with Crippen LogP contribution in [0.3, 0.4) is 0 Å². The van der Waals surface area contributed by atoms with Crippen LogP contribution in [0.4, 0.5) is 11.6 Å². The van der Waals surface area contributed by atoms with Crippen LogP contribution in [0.2, 0.25) is 0 Å². The fourth-order valence-corrected chi connectivity index (χ4v) is 3.77. The number of nitrogens with one attached hydrogen (secondary N) is 1. The molecule has 104 valence electrons. The summed E-state index contributed by atoms with van der Waals surface area (Å²) in [5, 5.41) is 3.32. The Morgan fingerprint density at radius 2 is 2.05 bits per heavy atom. The first-order chi connectivity index (χ1) is 9.38. The summed E-state index contributed by atoms with van der Waals surface area (Å²) < 4.78 is 0. The summed E-state index contributed by atoms with van der Waals surface area (Å²) in [4.78, 5) is 7.37. The first-order valence-electron chi connectivity index (χ1n) is 7.86. The van der Waals surface area contributed by atoms with E-state index < -0.39 is 0 Å². The molecule has 1 aliphatic carbocycles. The van der Waals surface area contributed by atoms with Gasteiger partial charge in [0.15, 0.2) is 0 Å². The van der Waals surface area contributed by atoms with Crippen molar-refractivity contribution in [1.29, 1.82) is 0 Å². The van der Waals surface area contributed by atoms with Crippen LogP contribution >= 0.6 is 0 Å². The zero-order valence-electron chi connectivity index (χ0n) is 11.9. The molecule has 3 rings (SSSR count). The first-order valence-corrected chi connectivity index (χ1v) is 7.86. The Bertz CT molecular complexity index is 416. The van der Waals surface area contributed by atoms with Gasteiger partial charge in [-0.25, -0.2) is 4.98 Å². The predicted molar refractivity (Wildman–Crippen MR) is 80.7 cm³/mol. The summed E-state index contributed by atoms with van der Waals surface area (Å²) in [7, 11) is 0. The number of fused-ring (bicyclic) bond motifs is 1. The lowest BCUT2D eigenvalue weighted by Gasteiger charge is -2.44. The highest BCUT2D eigenvalue weighted by Crippen LogP contribution is 2.37. The number of rotatable bonds is 3. The summed E-state index contributed by atoms with van der Waals surface area (Å²) in [6.45, 7) is 4.23. The van der Waals surface area contributed by atoms with Crippen molar-refractivity contribution in [2.24, 2.45) is 5.92 Å². The minimum absolute atomic E-state index is 0.742. The van der Waals surface area contributed by atoms with Gasteiger partial charge in [0.1, 0.15) is 11.6 Å². The maximum absolute atomic E-state index is 4.79. The average Bonchev–Trinajstić information content (AvgIpc) is 2.47. The highest BCUT2D eigenvalue weighted by atomic mass is 15.2. The Morgan fingerprint density at radius 3 is 2.95 bits per heavy atom. The Kier molecular flexibility index (Phi) is 3.90. The third kappa shape index (κ3) is 2.70. The van der Waals surface area contributed by atoms with E-state index >= 15 is 0 Å². The molecule has 3 heteroatoms. The van der Waals surface area contributed by atoms with Crippen molar-refractivity contribution >= 4 is 11.6 Å². The molecule has 2 atom stereocenters. The minimum Gasteiger partial charge on any atom is -0.370 e. The molecule has 1 aromatic rings.